The highest BCUT2D eigenvalue weighted by atomic mass is 16.6. The van der Waals surface area contributed by atoms with E-state index in [-0.39, 0.29) is 52.9 Å². The van der Waals surface area contributed by atoms with Gasteiger partial charge in [-0.2, -0.15) is 0 Å². The van der Waals surface area contributed by atoms with E-state index in [4.69, 9.17) is 106 Å². The average Bonchev–Trinajstić information content (AvgIpc) is 4.39. The van der Waals surface area contributed by atoms with Crippen molar-refractivity contribution in [2.45, 2.75) is 0 Å². The standard InChI is InChI=1S/C56H58N8O16/c1-2-66-10-18-74-42-26-34-33(25-41(42)73-17-9-65-1)49-57-50(34)62-52-37-29-45-46(78-22-14-70-6-5-69-13-21-77-45)30-38(37)54(59-52)64-56-40-32-48-47(79-23-15-71-7-8-72-16-24-80-48)31-39(40)55(60-56)63-53-36-28-44-43(27-35(36)51(58-53)61-49)75-19-11-67-3-4-68-12-20-76-44/h25-32H,1-24H2,(H2,57,58,59,60,61,62,63,64). The molecular formula is C56H58N8O16. The molecule has 0 saturated heterocycles. The van der Waals surface area contributed by atoms with Gasteiger partial charge >= 0.3 is 0 Å². The van der Waals surface area contributed by atoms with Crippen LogP contribution in [0.1, 0.15) is 0 Å². The first kappa shape index (κ1) is 51.7. The Morgan fingerprint density at radius 1 is 0.212 bits per heavy atom. The molecule has 6 aliphatic heterocycles. The topological polar surface area (TPSA) is 257 Å². The Kier molecular flexibility index (Phi) is 15.8. The smallest absolute Gasteiger partial charge is 0.164 e. The summed E-state index contributed by atoms with van der Waals surface area (Å²) in [6.45, 7) is 8.19. The molecule has 4 aromatic carbocycles. The van der Waals surface area contributed by atoms with E-state index in [9.17, 15) is 0 Å². The fraction of sp³-hybridized carbons (Fsp3) is 0.429. The van der Waals surface area contributed by atoms with Crippen molar-refractivity contribution >= 4 is 44.1 Å². The first-order valence-electron chi connectivity index (χ1n) is 26.9. The van der Waals surface area contributed by atoms with E-state index in [1.807, 2.05) is 48.5 Å². The van der Waals surface area contributed by atoms with E-state index < -0.39 is 0 Å². The zero-order valence-electron chi connectivity index (χ0n) is 43.8. The van der Waals surface area contributed by atoms with Crippen LogP contribution in [0.15, 0.2) is 48.5 Å². The number of aromatic nitrogens is 8. The molecule has 0 amide bonds. The number of rotatable bonds is 0. The summed E-state index contributed by atoms with van der Waals surface area (Å²) in [6.07, 6.45) is 0. The van der Waals surface area contributed by atoms with Crippen LogP contribution in [0, 0.1) is 0 Å². The Balaban J connectivity index is 1.09. The molecule has 8 bridgehead atoms. The first-order chi connectivity index (χ1) is 39.7. The Bertz CT molecular complexity index is 3110. The average molecular weight is 1100 g/mol. The number of fused-ring (bicyclic) bond motifs is 24. The maximum atomic E-state index is 6.38. The number of aromatic amines is 2. The summed E-state index contributed by atoms with van der Waals surface area (Å²) in [4.78, 5) is 38.8. The molecule has 24 heteroatoms. The largest absolute Gasteiger partial charge is 0.487 e. The predicted molar refractivity (Wildman–Crippen MR) is 287 cm³/mol. The summed E-state index contributed by atoms with van der Waals surface area (Å²) in [5.41, 5.74) is 4.11. The second kappa shape index (κ2) is 24.4. The second-order valence-electron chi connectivity index (χ2n) is 18.7. The van der Waals surface area contributed by atoms with E-state index in [1.165, 1.54) is 0 Å². The lowest BCUT2D eigenvalue weighted by atomic mass is 10.1. The van der Waals surface area contributed by atoms with Crippen LogP contribution in [-0.4, -0.2) is 198 Å². The van der Waals surface area contributed by atoms with Crippen molar-refractivity contribution in [2.24, 2.45) is 0 Å². The van der Waals surface area contributed by atoms with Crippen molar-refractivity contribution in [3.05, 3.63) is 48.5 Å². The zero-order chi connectivity index (χ0) is 53.5. The lowest BCUT2D eigenvalue weighted by Gasteiger charge is -2.16. The molecule has 24 nitrogen and oxygen atoms in total. The minimum Gasteiger partial charge on any atom is -0.487 e. The molecule has 2 N–H and O–H groups in total. The number of hydrogen-bond donors (Lipinski definition) is 2. The first-order valence-corrected chi connectivity index (χ1v) is 26.9. The van der Waals surface area contributed by atoms with E-state index in [0.29, 0.717) is 241 Å². The molecule has 0 unspecified atom stereocenters. The van der Waals surface area contributed by atoms with E-state index >= 15 is 0 Å². The van der Waals surface area contributed by atoms with Crippen molar-refractivity contribution < 1.29 is 75.8 Å². The van der Waals surface area contributed by atoms with Crippen molar-refractivity contribution in [1.82, 2.24) is 39.9 Å². The Labute approximate surface area is 457 Å². The third-order valence-electron chi connectivity index (χ3n) is 13.5. The van der Waals surface area contributed by atoms with Crippen LogP contribution in [0.25, 0.3) is 89.7 Å². The number of hydrogen-bond acceptors (Lipinski definition) is 22. The quantitative estimate of drug-likeness (QED) is 0.174. The molecule has 9 heterocycles. The zero-order valence-corrected chi connectivity index (χ0v) is 43.8. The van der Waals surface area contributed by atoms with E-state index in [1.54, 1.807) is 0 Å². The molecule has 13 rings (SSSR count). The Hall–Kier alpha value is -7.68. The van der Waals surface area contributed by atoms with Gasteiger partial charge in [0.05, 0.1) is 106 Å². The fourth-order valence-corrected chi connectivity index (χ4v) is 9.69. The number of ether oxygens (including phenoxy) is 16. The highest BCUT2D eigenvalue weighted by molar-refractivity contribution is 6.08. The minimum atomic E-state index is 0.254. The summed E-state index contributed by atoms with van der Waals surface area (Å²) >= 11 is 0. The van der Waals surface area contributed by atoms with Gasteiger partial charge in [-0.1, -0.05) is 0 Å². The molecule has 6 aliphatic rings. The number of nitrogens with zero attached hydrogens (tertiary/aromatic N) is 6. The molecule has 80 heavy (non-hydrogen) atoms. The van der Waals surface area contributed by atoms with Crippen molar-refractivity contribution in [3.63, 3.8) is 0 Å². The number of benzene rings is 4. The highest BCUT2D eigenvalue weighted by Crippen LogP contribution is 2.46. The molecule has 418 valence electrons. The van der Waals surface area contributed by atoms with Crippen LogP contribution in [0.4, 0.5) is 0 Å². The van der Waals surface area contributed by atoms with Gasteiger partial charge in [0.2, 0.25) is 0 Å². The van der Waals surface area contributed by atoms with Gasteiger partial charge in [0, 0.05) is 43.8 Å². The van der Waals surface area contributed by atoms with Crippen molar-refractivity contribution in [1.29, 1.82) is 0 Å². The van der Waals surface area contributed by atoms with Crippen LogP contribution < -0.4 is 37.9 Å². The Morgan fingerprint density at radius 3 is 0.588 bits per heavy atom. The predicted octanol–water partition coefficient (Wildman–Crippen LogP) is 6.09. The van der Waals surface area contributed by atoms with Gasteiger partial charge in [0.25, 0.3) is 0 Å². The van der Waals surface area contributed by atoms with Gasteiger partial charge in [-0.05, 0) is 48.5 Å². The summed E-state index contributed by atoms with van der Waals surface area (Å²) in [6, 6.07) is 15.0. The summed E-state index contributed by atoms with van der Waals surface area (Å²) in [5.74, 6) is 5.02. The number of nitrogens with one attached hydrogen (secondary N) is 2. The molecule has 0 saturated carbocycles. The lowest BCUT2D eigenvalue weighted by molar-refractivity contribution is 0.0223. The third-order valence-corrected chi connectivity index (χ3v) is 13.5. The van der Waals surface area contributed by atoms with Gasteiger partial charge in [0.15, 0.2) is 69.3 Å². The minimum absolute atomic E-state index is 0.254. The molecule has 0 aliphatic carbocycles. The maximum absolute atomic E-state index is 6.38. The molecule has 7 aromatic rings. The van der Waals surface area contributed by atoms with E-state index in [2.05, 4.69) is 9.97 Å². The molecule has 0 fully saturated rings. The molecule has 0 radical (unpaired) electrons. The fourth-order valence-electron chi connectivity index (χ4n) is 9.69. The molecule has 3 aromatic heterocycles. The highest BCUT2D eigenvalue weighted by Gasteiger charge is 2.28. The SMILES string of the molecule is c1c2c(cc3c1-c1nc-3nc3[nH]c(nc4nc(nc5[nH]c(n1)c1cc6c(cc51)OCCOCCOCCO6)-c1cc5c(cc1-4)OCCOCCOCCO5)c1cc4c(cc31)OCCOCCOCCO4)OCCOCCOCCO2. The molecule has 0 atom stereocenters. The lowest BCUT2D eigenvalue weighted by Crippen LogP contribution is -2.15. The van der Waals surface area contributed by atoms with Gasteiger partial charge in [-0.3, -0.25) is 0 Å². The van der Waals surface area contributed by atoms with Crippen LogP contribution in [-0.2, 0) is 37.9 Å². The van der Waals surface area contributed by atoms with Crippen molar-refractivity contribution in [3.8, 4) is 91.5 Å². The Morgan fingerprint density at radius 2 is 0.388 bits per heavy atom. The van der Waals surface area contributed by atoms with E-state index in [0.717, 1.165) is 0 Å². The van der Waals surface area contributed by atoms with Gasteiger partial charge in [0.1, 0.15) is 75.4 Å². The van der Waals surface area contributed by atoms with Crippen LogP contribution in [0.5, 0.6) is 46.0 Å². The summed E-state index contributed by atoms with van der Waals surface area (Å²) in [5, 5.41) is 2.59. The monoisotopic (exact) mass is 1100 g/mol. The van der Waals surface area contributed by atoms with Gasteiger partial charge in [-0.15, -0.1) is 0 Å². The normalized spacial score (nSPS) is 18.2. The second-order valence-corrected chi connectivity index (χ2v) is 18.7. The molecule has 0 spiro atoms. The van der Waals surface area contributed by atoms with Crippen molar-refractivity contribution in [2.75, 3.05) is 159 Å². The summed E-state index contributed by atoms with van der Waals surface area (Å²) in [7, 11) is 0. The van der Waals surface area contributed by atoms with Crippen LogP contribution >= 0.6 is 0 Å². The molecular weight excluding hydrogens is 1040 g/mol. The van der Waals surface area contributed by atoms with Crippen LogP contribution in [0.3, 0.4) is 0 Å². The van der Waals surface area contributed by atoms with Gasteiger partial charge in [-0.25, -0.2) is 29.9 Å². The summed E-state index contributed by atoms with van der Waals surface area (Å²) < 4.78 is 97.2. The number of H-pyrrole nitrogens is 2. The van der Waals surface area contributed by atoms with Crippen LogP contribution in [0.2, 0.25) is 0 Å². The maximum Gasteiger partial charge on any atom is 0.164 e. The third kappa shape index (κ3) is 11.4. The van der Waals surface area contributed by atoms with Gasteiger partial charge < -0.3 is 85.8 Å².